The van der Waals surface area contributed by atoms with E-state index < -0.39 is 40.9 Å². The van der Waals surface area contributed by atoms with Crippen LogP contribution in [0.2, 0.25) is 0 Å². The summed E-state index contributed by atoms with van der Waals surface area (Å²) in [7, 11) is 3.74. The van der Waals surface area contributed by atoms with Crippen LogP contribution in [-0.2, 0) is 48.6 Å². The summed E-state index contributed by atoms with van der Waals surface area (Å²) in [5.74, 6) is 3.57. The molecule has 4 amide bonds. The molecule has 1 unspecified atom stereocenters. The molecule has 2 N–H and O–H groups in total. The number of aryl methyl sites for hydroxylation is 1. The molecule has 15 heteroatoms. The third-order valence-electron chi connectivity index (χ3n) is 13.7. The van der Waals surface area contributed by atoms with Gasteiger partial charge in [0.25, 0.3) is 11.8 Å². The van der Waals surface area contributed by atoms with Gasteiger partial charge >= 0.3 is 6.17 Å². The van der Waals surface area contributed by atoms with Gasteiger partial charge in [0, 0.05) is 81.3 Å². The van der Waals surface area contributed by atoms with E-state index in [1.54, 1.807) is 30.0 Å². The molecule has 0 aliphatic carbocycles. The summed E-state index contributed by atoms with van der Waals surface area (Å²) in [5.41, 5.74) is 9.51. The number of likely N-dealkylation sites (tertiary alicyclic amines) is 2. The lowest BCUT2D eigenvalue weighted by Crippen LogP contribution is -2.64. The Hall–Kier alpha value is -6.11. The van der Waals surface area contributed by atoms with Crippen molar-refractivity contribution in [1.29, 1.82) is 0 Å². The summed E-state index contributed by atoms with van der Waals surface area (Å²) in [5, 5.41) is 5.56. The number of hydrogen-bond acceptors (Lipinski definition) is 9. The van der Waals surface area contributed by atoms with Gasteiger partial charge in [0.15, 0.2) is 6.61 Å². The Bertz CT molecular complexity index is 2600. The van der Waals surface area contributed by atoms with Gasteiger partial charge in [-0.25, -0.2) is 4.84 Å². The number of fused-ring (bicyclic) bond motifs is 6. The van der Waals surface area contributed by atoms with E-state index in [9.17, 15) is 24.1 Å². The summed E-state index contributed by atoms with van der Waals surface area (Å²) in [6, 6.07) is 16.6. The smallest absolute Gasteiger partial charge is 0.326 e. The Labute approximate surface area is 380 Å². The SMILES string of the molecule is CC#CC(=O)N1CC2(CCN([C@H](C(=O)N[C@H]3Cc4cccc(c4)-c4ccc5c(c4)c(c(-c4cccnc4C(C)OC)n5C)CC(C)(C)CO[N+](=O)[C@@H]4CCCN(N4)C3=O)C(C)C)C2=O)C1. The van der Waals surface area contributed by atoms with Gasteiger partial charge in [-0.2, -0.15) is 5.43 Å². The summed E-state index contributed by atoms with van der Waals surface area (Å²) < 4.78 is 7.99. The molecule has 3 saturated heterocycles. The lowest BCUT2D eigenvalue weighted by Gasteiger charge is -2.46. The van der Waals surface area contributed by atoms with Gasteiger partial charge in [0.2, 0.25) is 16.7 Å². The molecule has 2 aromatic heterocycles. The van der Waals surface area contributed by atoms with Gasteiger partial charge in [-0.1, -0.05) is 63.9 Å². The highest BCUT2D eigenvalue weighted by molar-refractivity contribution is 5.99. The fourth-order valence-corrected chi connectivity index (χ4v) is 10.2. The monoisotopic (exact) mass is 885 g/mol. The van der Waals surface area contributed by atoms with Gasteiger partial charge < -0.3 is 24.4 Å². The first-order valence-electron chi connectivity index (χ1n) is 22.7. The number of aromatic nitrogens is 2. The van der Waals surface area contributed by atoms with Gasteiger partial charge in [-0.05, 0) is 91.5 Å². The summed E-state index contributed by atoms with van der Waals surface area (Å²) in [6.07, 6.45) is 2.87. The fourth-order valence-electron chi connectivity index (χ4n) is 10.2. The first-order valence-corrected chi connectivity index (χ1v) is 22.7. The number of rotatable bonds is 7. The lowest BCUT2D eigenvalue weighted by atomic mass is 9.78. The Balaban J connectivity index is 1.16. The third kappa shape index (κ3) is 8.73. The van der Waals surface area contributed by atoms with E-state index in [1.807, 2.05) is 45.0 Å². The van der Waals surface area contributed by atoms with Crippen molar-refractivity contribution in [3.63, 3.8) is 0 Å². The van der Waals surface area contributed by atoms with Crippen LogP contribution in [0, 0.1) is 33.5 Å². The van der Waals surface area contributed by atoms with Crippen LogP contribution in [0.15, 0.2) is 60.8 Å². The zero-order valence-corrected chi connectivity index (χ0v) is 38.8. The Morgan fingerprint density at radius 2 is 1.82 bits per heavy atom. The normalized spacial score (nSPS) is 21.6. The van der Waals surface area contributed by atoms with E-state index in [4.69, 9.17) is 14.6 Å². The average molecular weight is 886 g/mol. The van der Waals surface area contributed by atoms with Crippen molar-refractivity contribution < 1.29 is 33.7 Å². The molecule has 6 bridgehead atoms. The number of hydrogen-bond donors (Lipinski definition) is 2. The second kappa shape index (κ2) is 18.0. The van der Waals surface area contributed by atoms with E-state index in [1.165, 1.54) is 5.01 Å². The minimum atomic E-state index is -1.05. The van der Waals surface area contributed by atoms with Crippen LogP contribution in [0.3, 0.4) is 0 Å². The summed E-state index contributed by atoms with van der Waals surface area (Å²) in [6.45, 7) is 12.8. The number of carbonyl (C=O) groups is 4. The standard InChI is InChI=1S/C50H60N8O7/c1-9-13-42(59)55-28-50(29-55)20-23-56(48(50)62)44(31(2)3)46(60)52-39-25-33-14-10-15-34(24-33)35-18-19-40-37(26-35)38(45(54(40)7)36-16-11-21-51-43(36)32(4)64-8)27-49(5,6)30-65-58(63)41-17-12-22-57(53-41)47(39)61/h10-11,14-16,18-19,21,24,26,31-32,39,41,44,53H,12,17,20,22-23,25,27-30H2,1-8H3/p+1/t32?,39-,41+,44-/m0/s1. The number of carbonyl (C=O) groups excluding carboxylic acids is 4. The van der Waals surface area contributed by atoms with Crippen LogP contribution in [0.25, 0.3) is 33.3 Å². The van der Waals surface area contributed by atoms with Crippen molar-refractivity contribution in [1.82, 2.24) is 35.1 Å². The van der Waals surface area contributed by atoms with E-state index >= 15 is 0 Å². The maximum absolute atomic E-state index is 14.7. The molecule has 8 rings (SSSR count). The Morgan fingerprint density at radius 3 is 2.55 bits per heavy atom. The van der Waals surface area contributed by atoms with E-state index in [-0.39, 0.29) is 50.0 Å². The van der Waals surface area contributed by atoms with Crippen LogP contribution in [0.1, 0.15) is 83.7 Å². The zero-order chi connectivity index (χ0) is 46.4. The van der Waals surface area contributed by atoms with Crippen molar-refractivity contribution in [3.05, 3.63) is 82.5 Å². The van der Waals surface area contributed by atoms with E-state index in [2.05, 4.69) is 78.4 Å². The quantitative estimate of drug-likeness (QED) is 0.229. The zero-order valence-electron chi connectivity index (χ0n) is 38.8. The van der Waals surface area contributed by atoms with E-state index in [0.717, 1.165) is 50.1 Å². The molecule has 65 heavy (non-hydrogen) atoms. The largest absolute Gasteiger partial charge is 0.375 e. The first-order chi connectivity index (χ1) is 31.0. The topological polar surface area (TPSA) is 158 Å². The van der Waals surface area contributed by atoms with Crippen LogP contribution in [0.4, 0.5) is 0 Å². The predicted octanol–water partition coefficient (Wildman–Crippen LogP) is 5.50. The van der Waals surface area contributed by atoms with Crippen LogP contribution in [-0.4, -0.2) is 111 Å². The molecule has 4 atom stereocenters. The highest BCUT2D eigenvalue weighted by Crippen LogP contribution is 2.43. The van der Waals surface area contributed by atoms with Gasteiger partial charge in [-0.3, -0.25) is 29.2 Å². The van der Waals surface area contributed by atoms with Crippen molar-refractivity contribution in [2.75, 3.05) is 39.9 Å². The minimum Gasteiger partial charge on any atom is -0.375 e. The number of pyridine rings is 1. The van der Waals surface area contributed by atoms with Crippen LogP contribution >= 0.6 is 0 Å². The molecule has 4 aliphatic heterocycles. The summed E-state index contributed by atoms with van der Waals surface area (Å²) >= 11 is 0. The van der Waals surface area contributed by atoms with Gasteiger partial charge in [-0.15, -0.1) is 0 Å². The molecule has 4 aromatic rings. The number of hydrazine groups is 1. The third-order valence-corrected chi connectivity index (χ3v) is 13.7. The van der Waals surface area contributed by atoms with Crippen molar-refractivity contribution >= 4 is 34.5 Å². The molecule has 4 aliphatic rings. The molecule has 0 saturated carbocycles. The minimum absolute atomic E-state index is 0.0987. The fraction of sp³-hybridized carbons (Fsp3) is 0.500. The molecular formula is C50H61N8O7+. The maximum atomic E-state index is 14.7. The number of benzene rings is 2. The molecule has 3 fully saturated rings. The second-order valence-corrected chi connectivity index (χ2v) is 19.3. The number of methoxy groups -OCH3 is 1. The molecular weight excluding hydrogens is 825 g/mol. The number of amides is 4. The molecule has 0 radical (unpaired) electrons. The van der Waals surface area contributed by atoms with Gasteiger partial charge in [0.1, 0.15) is 12.1 Å². The maximum Gasteiger partial charge on any atom is 0.326 e. The second-order valence-electron chi connectivity index (χ2n) is 19.3. The lowest BCUT2D eigenvalue weighted by molar-refractivity contribution is -0.835. The van der Waals surface area contributed by atoms with Crippen LogP contribution in [0.5, 0.6) is 0 Å². The number of ether oxygens (including phenoxy) is 1. The van der Waals surface area contributed by atoms with Crippen molar-refractivity contribution in [2.45, 2.75) is 98.0 Å². The Morgan fingerprint density at radius 1 is 1.05 bits per heavy atom. The number of nitrogens with zero attached hydrogens (tertiary/aromatic N) is 6. The highest BCUT2D eigenvalue weighted by Gasteiger charge is 2.58. The van der Waals surface area contributed by atoms with Crippen molar-refractivity contribution in [3.8, 4) is 34.2 Å². The first kappa shape index (κ1) is 45.5. The molecule has 6 heterocycles. The highest BCUT2D eigenvalue weighted by atomic mass is 16.8. The molecule has 342 valence electrons. The Kier molecular flexibility index (Phi) is 12.6. The average Bonchev–Trinajstić information content (AvgIpc) is 3.75. The van der Waals surface area contributed by atoms with Gasteiger partial charge in [0.05, 0.1) is 27.8 Å². The van der Waals surface area contributed by atoms with Crippen molar-refractivity contribution in [2.24, 2.45) is 23.8 Å². The predicted molar refractivity (Wildman–Crippen MR) is 245 cm³/mol. The molecule has 2 aromatic carbocycles. The molecule has 1 spiro atoms. The number of nitrogens with one attached hydrogen (secondary N) is 2. The molecule has 15 nitrogen and oxygen atoms in total. The summed E-state index contributed by atoms with van der Waals surface area (Å²) in [4.78, 5) is 84.2. The van der Waals surface area contributed by atoms with E-state index in [0.29, 0.717) is 43.7 Å². The van der Waals surface area contributed by atoms with Crippen LogP contribution < -0.4 is 10.7 Å².